The van der Waals surface area contributed by atoms with Crippen LogP contribution in [0.25, 0.3) is 5.65 Å². The Kier molecular flexibility index (Phi) is 1.51. The highest BCUT2D eigenvalue weighted by Crippen LogP contribution is 2.13. The summed E-state index contributed by atoms with van der Waals surface area (Å²) in [6, 6.07) is 1.84. The number of rotatable bonds is 0. The van der Waals surface area contributed by atoms with Crippen molar-refractivity contribution in [2.45, 2.75) is 18.9 Å². The summed E-state index contributed by atoms with van der Waals surface area (Å²) in [4.78, 5) is 4.33. The Balaban J connectivity index is 2.92. The van der Waals surface area contributed by atoms with Crippen LogP contribution in [-0.2, 0) is 0 Å². The Labute approximate surface area is 75.8 Å². The molecule has 0 unspecified atom stereocenters. The molecular formula is C8H8N3S. The van der Waals surface area contributed by atoms with E-state index < -0.39 is 0 Å². The fraction of sp³-hybridized carbons (Fsp3) is 0.250. The first-order valence-corrected chi connectivity index (χ1v) is 4.08. The molecule has 0 saturated heterocycles. The monoisotopic (exact) mass is 178 g/mol. The Hall–Kier alpha value is -1.16. The SMILES string of the molecule is Cc1cc([S])n2ncc(C)c2n1. The van der Waals surface area contributed by atoms with Gasteiger partial charge in [0.1, 0.15) is 5.03 Å². The smallest absolute Gasteiger partial charge is 0.159 e. The second-order valence-corrected chi connectivity index (χ2v) is 3.22. The van der Waals surface area contributed by atoms with Gasteiger partial charge in [-0.2, -0.15) is 5.10 Å². The maximum absolute atomic E-state index is 5.12. The van der Waals surface area contributed by atoms with Crippen LogP contribution >= 0.6 is 12.6 Å². The standard InChI is InChI=1S/C8H8N3S/c1-5-4-9-11-7(12)3-6(2)10-8(5)11/h3-4H,1-2H3. The van der Waals surface area contributed by atoms with Crippen molar-refractivity contribution in [1.82, 2.24) is 14.6 Å². The lowest BCUT2D eigenvalue weighted by atomic mass is 10.4. The molecule has 2 rings (SSSR count). The van der Waals surface area contributed by atoms with Crippen molar-refractivity contribution < 1.29 is 0 Å². The highest BCUT2D eigenvalue weighted by atomic mass is 32.1. The second kappa shape index (κ2) is 2.42. The summed E-state index contributed by atoms with van der Waals surface area (Å²) in [7, 11) is 0. The van der Waals surface area contributed by atoms with Crippen molar-refractivity contribution in [2.75, 3.05) is 0 Å². The Morgan fingerprint density at radius 1 is 1.42 bits per heavy atom. The van der Waals surface area contributed by atoms with E-state index >= 15 is 0 Å². The molecule has 0 saturated carbocycles. The molecule has 4 heteroatoms. The van der Waals surface area contributed by atoms with E-state index in [4.69, 9.17) is 12.6 Å². The molecule has 0 amide bonds. The molecule has 0 spiro atoms. The quantitative estimate of drug-likeness (QED) is 0.577. The van der Waals surface area contributed by atoms with E-state index in [0.29, 0.717) is 5.03 Å². The summed E-state index contributed by atoms with van der Waals surface area (Å²) in [6.45, 7) is 3.91. The Bertz CT molecular complexity index is 433. The number of hydrogen-bond donors (Lipinski definition) is 0. The highest BCUT2D eigenvalue weighted by Gasteiger charge is 2.04. The Morgan fingerprint density at radius 2 is 2.17 bits per heavy atom. The highest BCUT2D eigenvalue weighted by molar-refractivity contribution is 7.80. The molecule has 2 aromatic heterocycles. The molecular weight excluding hydrogens is 170 g/mol. The molecule has 0 fully saturated rings. The van der Waals surface area contributed by atoms with Gasteiger partial charge < -0.3 is 0 Å². The maximum Gasteiger partial charge on any atom is 0.159 e. The minimum atomic E-state index is 0.714. The molecule has 2 heterocycles. The van der Waals surface area contributed by atoms with Gasteiger partial charge in [-0.25, -0.2) is 9.50 Å². The van der Waals surface area contributed by atoms with Gasteiger partial charge in [0.15, 0.2) is 5.65 Å². The van der Waals surface area contributed by atoms with Gasteiger partial charge >= 0.3 is 0 Å². The van der Waals surface area contributed by atoms with Gasteiger partial charge in [-0.05, 0) is 19.9 Å². The molecule has 0 aromatic carbocycles. The van der Waals surface area contributed by atoms with Crippen molar-refractivity contribution in [1.29, 1.82) is 0 Å². The van der Waals surface area contributed by atoms with Crippen molar-refractivity contribution in [3.8, 4) is 0 Å². The fourth-order valence-corrected chi connectivity index (χ4v) is 1.46. The zero-order chi connectivity index (χ0) is 8.72. The van der Waals surface area contributed by atoms with Crippen LogP contribution in [0.5, 0.6) is 0 Å². The summed E-state index contributed by atoms with van der Waals surface area (Å²) < 4.78 is 1.68. The van der Waals surface area contributed by atoms with E-state index in [0.717, 1.165) is 16.9 Å². The zero-order valence-electron chi connectivity index (χ0n) is 6.90. The van der Waals surface area contributed by atoms with E-state index in [1.807, 2.05) is 19.9 Å². The van der Waals surface area contributed by atoms with E-state index in [2.05, 4.69) is 10.1 Å². The third kappa shape index (κ3) is 0.956. The summed E-state index contributed by atoms with van der Waals surface area (Å²) in [5.41, 5.74) is 2.86. The van der Waals surface area contributed by atoms with E-state index in [1.165, 1.54) is 0 Å². The van der Waals surface area contributed by atoms with Crippen LogP contribution in [0.4, 0.5) is 0 Å². The molecule has 61 valence electrons. The first kappa shape index (κ1) is 7.49. The molecule has 0 aliphatic rings. The van der Waals surface area contributed by atoms with Gasteiger partial charge in [0, 0.05) is 11.3 Å². The fourth-order valence-electron chi connectivity index (χ4n) is 1.16. The molecule has 2 aromatic rings. The number of aryl methyl sites for hydroxylation is 2. The molecule has 0 bridgehead atoms. The molecule has 0 aliphatic heterocycles. The maximum atomic E-state index is 5.12. The van der Waals surface area contributed by atoms with Crippen molar-refractivity contribution in [3.05, 3.63) is 23.5 Å². The third-order valence-electron chi connectivity index (χ3n) is 1.74. The summed E-state index contributed by atoms with van der Waals surface area (Å²) >= 11 is 5.12. The second-order valence-electron chi connectivity index (χ2n) is 2.80. The minimum absolute atomic E-state index is 0.714. The van der Waals surface area contributed by atoms with Crippen molar-refractivity contribution in [2.24, 2.45) is 0 Å². The van der Waals surface area contributed by atoms with Crippen molar-refractivity contribution in [3.63, 3.8) is 0 Å². The normalized spacial score (nSPS) is 10.8. The Morgan fingerprint density at radius 3 is 2.92 bits per heavy atom. The van der Waals surface area contributed by atoms with Crippen LogP contribution in [0.2, 0.25) is 0 Å². The lowest BCUT2D eigenvalue weighted by molar-refractivity contribution is 0.837. The van der Waals surface area contributed by atoms with Gasteiger partial charge in [0.25, 0.3) is 0 Å². The summed E-state index contributed by atoms with van der Waals surface area (Å²) in [5.74, 6) is 0. The van der Waals surface area contributed by atoms with E-state index in [1.54, 1.807) is 10.7 Å². The van der Waals surface area contributed by atoms with Crippen molar-refractivity contribution >= 4 is 18.3 Å². The van der Waals surface area contributed by atoms with E-state index in [-0.39, 0.29) is 0 Å². The first-order valence-electron chi connectivity index (χ1n) is 3.67. The molecule has 0 atom stereocenters. The van der Waals surface area contributed by atoms with Gasteiger partial charge in [0.05, 0.1) is 6.20 Å². The lowest BCUT2D eigenvalue weighted by Gasteiger charge is -1.98. The van der Waals surface area contributed by atoms with Gasteiger partial charge in [0.2, 0.25) is 0 Å². The molecule has 12 heavy (non-hydrogen) atoms. The van der Waals surface area contributed by atoms with Crippen LogP contribution in [0.3, 0.4) is 0 Å². The van der Waals surface area contributed by atoms with Crippen LogP contribution in [0.1, 0.15) is 11.3 Å². The topological polar surface area (TPSA) is 30.2 Å². The minimum Gasteiger partial charge on any atom is -0.233 e. The number of fused-ring (bicyclic) bond motifs is 1. The number of hydrogen-bond acceptors (Lipinski definition) is 2. The zero-order valence-corrected chi connectivity index (χ0v) is 7.72. The third-order valence-corrected chi connectivity index (χ3v) is 2.03. The number of nitrogens with zero attached hydrogens (tertiary/aromatic N) is 3. The predicted molar refractivity (Wildman–Crippen MR) is 48.3 cm³/mol. The molecule has 3 nitrogen and oxygen atoms in total. The van der Waals surface area contributed by atoms with E-state index in [9.17, 15) is 0 Å². The van der Waals surface area contributed by atoms with Crippen LogP contribution < -0.4 is 0 Å². The summed E-state index contributed by atoms with van der Waals surface area (Å²) in [5, 5.41) is 4.82. The predicted octanol–water partition coefficient (Wildman–Crippen LogP) is 1.90. The van der Waals surface area contributed by atoms with Gasteiger partial charge in [-0.15, -0.1) is 0 Å². The van der Waals surface area contributed by atoms with Crippen LogP contribution in [0.15, 0.2) is 17.3 Å². The number of aromatic nitrogens is 3. The lowest BCUT2D eigenvalue weighted by Crippen LogP contribution is -1.94. The average molecular weight is 178 g/mol. The van der Waals surface area contributed by atoms with Crippen LogP contribution in [0, 0.1) is 13.8 Å². The van der Waals surface area contributed by atoms with Gasteiger partial charge in [-0.3, -0.25) is 0 Å². The largest absolute Gasteiger partial charge is 0.233 e. The summed E-state index contributed by atoms with van der Waals surface area (Å²) in [6.07, 6.45) is 1.78. The molecule has 0 N–H and O–H groups in total. The molecule has 1 radical (unpaired) electrons. The molecule has 0 aliphatic carbocycles. The average Bonchev–Trinajstić information content (AvgIpc) is 2.33. The van der Waals surface area contributed by atoms with Gasteiger partial charge in [-0.1, -0.05) is 12.6 Å². The first-order chi connectivity index (χ1) is 5.68. The van der Waals surface area contributed by atoms with Crippen LogP contribution in [-0.4, -0.2) is 14.6 Å².